The summed E-state index contributed by atoms with van der Waals surface area (Å²) in [5.41, 5.74) is 0. The van der Waals surface area contributed by atoms with Gasteiger partial charge in [0.15, 0.2) is 0 Å². The zero-order valence-electron chi connectivity index (χ0n) is 12.5. The van der Waals surface area contributed by atoms with Crippen LogP contribution in [-0.2, 0) is 18.4 Å². The summed E-state index contributed by atoms with van der Waals surface area (Å²) in [6, 6.07) is 0.947. The Kier molecular flexibility index (Phi) is 12.0. The predicted octanol–water partition coefficient (Wildman–Crippen LogP) is 2.96. The molecule has 0 spiro atoms. The van der Waals surface area contributed by atoms with Crippen LogP contribution in [0.4, 0.5) is 0 Å². The number of ether oxygens (including phenoxy) is 1. The third-order valence-electron chi connectivity index (χ3n) is 3.07. The van der Waals surface area contributed by atoms with E-state index in [-0.39, 0.29) is 12.1 Å². The summed E-state index contributed by atoms with van der Waals surface area (Å²) in [7, 11) is 1.89. The molecule has 0 heterocycles. The second-order valence-electron chi connectivity index (χ2n) is 4.59. The van der Waals surface area contributed by atoms with Gasteiger partial charge in [0, 0.05) is 20.3 Å². The molecule has 5 heteroatoms. The van der Waals surface area contributed by atoms with Gasteiger partial charge in [0.05, 0.1) is 0 Å². The Morgan fingerprint density at radius 3 is 2.37 bits per heavy atom. The van der Waals surface area contributed by atoms with Crippen molar-refractivity contribution >= 4 is 15.3 Å². The van der Waals surface area contributed by atoms with Crippen molar-refractivity contribution in [1.82, 2.24) is 0 Å². The Bertz CT molecular complexity index is 242. The summed E-state index contributed by atoms with van der Waals surface area (Å²) in [4.78, 5) is 11.3. The highest BCUT2D eigenvalue weighted by atomic mass is 28.3. The van der Waals surface area contributed by atoms with Crippen LogP contribution in [0, 0.1) is 0 Å². The lowest BCUT2D eigenvalue weighted by molar-refractivity contribution is -0.143. The lowest BCUT2D eigenvalue weighted by Gasteiger charge is -2.18. The van der Waals surface area contributed by atoms with Gasteiger partial charge in [-0.2, -0.15) is 0 Å². The number of unbranched alkanes of at least 4 members (excludes halogenated alkanes) is 2. The van der Waals surface area contributed by atoms with E-state index in [9.17, 15) is 4.79 Å². The first-order valence-electron chi connectivity index (χ1n) is 7.06. The summed E-state index contributed by atoms with van der Waals surface area (Å²) in [5, 5.41) is 0. The lowest BCUT2D eigenvalue weighted by atomic mass is 10.1. The first-order chi connectivity index (χ1) is 9.17. The second kappa shape index (κ2) is 12.4. The maximum absolute atomic E-state index is 11.3. The van der Waals surface area contributed by atoms with E-state index in [1.54, 1.807) is 14.2 Å². The molecule has 0 rings (SSSR count). The minimum Gasteiger partial charge on any atom is -0.459 e. The summed E-state index contributed by atoms with van der Waals surface area (Å²) in [5.74, 6) is -0.325. The van der Waals surface area contributed by atoms with E-state index >= 15 is 0 Å². The van der Waals surface area contributed by atoms with Crippen LogP contribution in [0.5, 0.6) is 0 Å². The van der Waals surface area contributed by atoms with Crippen LogP contribution in [0.3, 0.4) is 0 Å². The maximum atomic E-state index is 11.3. The van der Waals surface area contributed by atoms with Gasteiger partial charge in [-0.15, -0.1) is 0 Å². The van der Waals surface area contributed by atoms with Crippen molar-refractivity contribution in [2.24, 2.45) is 0 Å². The molecule has 4 nitrogen and oxygen atoms in total. The van der Waals surface area contributed by atoms with Gasteiger partial charge in [0.25, 0.3) is 0 Å². The van der Waals surface area contributed by atoms with E-state index in [0.29, 0.717) is 0 Å². The summed E-state index contributed by atoms with van der Waals surface area (Å²) < 4.78 is 15.9. The fourth-order valence-corrected chi connectivity index (χ4v) is 3.17. The molecule has 0 aliphatic rings. The third kappa shape index (κ3) is 9.87. The molecule has 112 valence electrons. The van der Waals surface area contributed by atoms with Gasteiger partial charge in [-0.1, -0.05) is 26.3 Å². The molecule has 0 saturated carbocycles. The Morgan fingerprint density at radius 1 is 1.21 bits per heavy atom. The van der Waals surface area contributed by atoms with Gasteiger partial charge < -0.3 is 13.6 Å². The number of carbonyl (C=O) groups excluding carboxylic acids is 1. The van der Waals surface area contributed by atoms with Crippen LogP contribution in [0.2, 0.25) is 6.04 Å². The SMILES string of the molecule is C=CC(=O)OC(CCCCC)CCC[SiH](OC)OC. The smallest absolute Gasteiger partial charge is 0.330 e. The Morgan fingerprint density at radius 2 is 1.84 bits per heavy atom. The van der Waals surface area contributed by atoms with Crippen molar-refractivity contribution in [1.29, 1.82) is 0 Å². The fourth-order valence-electron chi connectivity index (χ4n) is 1.94. The van der Waals surface area contributed by atoms with E-state index in [1.165, 1.54) is 18.9 Å². The van der Waals surface area contributed by atoms with E-state index < -0.39 is 9.28 Å². The Labute approximate surface area is 119 Å². The average molecular weight is 288 g/mol. The molecule has 0 bridgehead atoms. The van der Waals surface area contributed by atoms with Crippen LogP contribution in [0.15, 0.2) is 12.7 Å². The number of carbonyl (C=O) groups is 1. The summed E-state index contributed by atoms with van der Waals surface area (Å²) in [6.07, 6.45) is 7.45. The second-order valence-corrected chi connectivity index (χ2v) is 6.97. The van der Waals surface area contributed by atoms with Crippen LogP contribution >= 0.6 is 0 Å². The van der Waals surface area contributed by atoms with Gasteiger partial charge >= 0.3 is 15.3 Å². The van der Waals surface area contributed by atoms with E-state index in [0.717, 1.165) is 31.7 Å². The molecule has 19 heavy (non-hydrogen) atoms. The molecule has 1 unspecified atom stereocenters. The minimum absolute atomic E-state index is 0.000382. The largest absolute Gasteiger partial charge is 0.459 e. The predicted molar refractivity (Wildman–Crippen MR) is 79.4 cm³/mol. The highest BCUT2D eigenvalue weighted by Crippen LogP contribution is 2.15. The van der Waals surface area contributed by atoms with Crippen LogP contribution < -0.4 is 0 Å². The molecule has 0 aromatic heterocycles. The molecular weight excluding hydrogens is 260 g/mol. The first kappa shape index (κ1) is 18.3. The van der Waals surface area contributed by atoms with Gasteiger partial charge in [-0.05, 0) is 31.7 Å². The van der Waals surface area contributed by atoms with Crippen molar-refractivity contribution in [3.63, 3.8) is 0 Å². The molecule has 0 radical (unpaired) electrons. The molecule has 0 aromatic rings. The van der Waals surface area contributed by atoms with E-state index in [2.05, 4.69) is 13.5 Å². The standard InChI is InChI=1S/C14H28O4Si/c1-5-7-8-10-13(18-14(15)6-2)11-9-12-19(16-3)17-4/h6,13,19H,2,5,7-12H2,1,3-4H3. The highest BCUT2D eigenvalue weighted by Gasteiger charge is 2.15. The van der Waals surface area contributed by atoms with Gasteiger partial charge in [-0.25, -0.2) is 4.79 Å². The van der Waals surface area contributed by atoms with Crippen LogP contribution in [0.1, 0.15) is 45.4 Å². The topological polar surface area (TPSA) is 44.8 Å². The summed E-state index contributed by atoms with van der Waals surface area (Å²) >= 11 is 0. The number of hydrogen-bond donors (Lipinski definition) is 0. The Hall–Kier alpha value is -0.653. The van der Waals surface area contributed by atoms with Gasteiger partial charge in [-0.3, -0.25) is 0 Å². The molecule has 0 aliphatic heterocycles. The zero-order valence-corrected chi connectivity index (χ0v) is 13.7. The van der Waals surface area contributed by atoms with Crippen molar-refractivity contribution in [2.45, 2.75) is 57.6 Å². The highest BCUT2D eigenvalue weighted by molar-refractivity contribution is 6.44. The van der Waals surface area contributed by atoms with Crippen LogP contribution in [-0.4, -0.2) is 35.6 Å². The molecule has 0 amide bonds. The average Bonchev–Trinajstić information content (AvgIpc) is 2.43. The van der Waals surface area contributed by atoms with Crippen molar-refractivity contribution in [3.8, 4) is 0 Å². The first-order valence-corrected chi connectivity index (χ1v) is 8.82. The molecule has 1 atom stereocenters. The minimum atomic E-state index is -1.49. The molecule has 0 aliphatic carbocycles. The van der Waals surface area contributed by atoms with E-state index in [1.807, 2.05) is 0 Å². The molecule has 0 aromatic carbocycles. The Balaban J connectivity index is 4.02. The number of rotatable bonds is 12. The zero-order chi connectivity index (χ0) is 14.5. The third-order valence-corrected chi connectivity index (χ3v) is 5.00. The monoisotopic (exact) mass is 288 g/mol. The van der Waals surface area contributed by atoms with Crippen molar-refractivity contribution < 1.29 is 18.4 Å². The molecular formula is C14H28O4Si. The number of hydrogen-bond acceptors (Lipinski definition) is 4. The molecule has 0 saturated heterocycles. The summed E-state index contributed by atoms with van der Waals surface area (Å²) in [6.45, 7) is 5.60. The van der Waals surface area contributed by atoms with E-state index in [4.69, 9.17) is 13.6 Å². The molecule has 0 N–H and O–H groups in total. The normalized spacial score (nSPS) is 12.4. The van der Waals surface area contributed by atoms with Crippen molar-refractivity contribution in [2.75, 3.05) is 14.2 Å². The quantitative estimate of drug-likeness (QED) is 0.240. The lowest BCUT2D eigenvalue weighted by Crippen LogP contribution is -2.21. The fraction of sp³-hybridized carbons (Fsp3) is 0.786. The van der Waals surface area contributed by atoms with Gasteiger partial charge in [0.1, 0.15) is 6.10 Å². The van der Waals surface area contributed by atoms with Gasteiger partial charge in [0.2, 0.25) is 0 Å². The maximum Gasteiger partial charge on any atom is 0.330 e. The van der Waals surface area contributed by atoms with Crippen molar-refractivity contribution in [3.05, 3.63) is 12.7 Å². The van der Waals surface area contributed by atoms with Crippen LogP contribution in [0.25, 0.3) is 0 Å². The number of esters is 1. The molecule has 0 fully saturated rings.